The third-order valence-electron chi connectivity index (χ3n) is 3.28. The Balaban J connectivity index is 1.69. The molecule has 1 aromatic carbocycles. The number of anilines is 1. The van der Waals surface area contributed by atoms with Crippen LogP contribution in [0, 0.1) is 5.92 Å². The molecule has 2 heterocycles. The van der Waals surface area contributed by atoms with Gasteiger partial charge in [0.1, 0.15) is 5.01 Å². The molecule has 1 amide bonds. The number of nitrogens with one attached hydrogen (secondary N) is 1. The van der Waals surface area contributed by atoms with Gasteiger partial charge in [0.25, 0.3) is 0 Å². The van der Waals surface area contributed by atoms with Crippen LogP contribution in [0.1, 0.15) is 6.42 Å². The SMILES string of the molecule is O=C(Nc1nnc(-c2ccccc2)s1)C1CCS(=O)(=O)C1. The van der Waals surface area contributed by atoms with Gasteiger partial charge in [-0.15, -0.1) is 10.2 Å². The van der Waals surface area contributed by atoms with Crippen molar-refractivity contribution in [2.45, 2.75) is 6.42 Å². The van der Waals surface area contributed by atoms with Crippen LogP contribution in [0.25, 0.3) is 10.6 Å². The summed E-state index contributed by atoms with van der Waals surface area (Å²) in [5, 5.41) is 11.7. The van der Waals surface area contributed by atoms with Crippen LogP contribution in [0.4, 0.5) is 5.13 Å². The molecule has 1 fully saturated rings. The van der Waals surface area contributed by atoms with Gasteiger partial charge in [-0.3, -0.25) is 4.79 Å². The molecule has 1 unspecified atom stereocenters. The van der Waals surface area contributed by atoms with Crippen LogP contribution in [0.3, 0.4) is 0 Å². The standard InChI is InChI=1S/C13H13N3O3S2/c17-11(10-6-7-21(18,19)8-10)14-13-16-15-12(20-13)9-4-2-1-3-5-9/h1-5,10H,6-8H2,(H,14,16,17). The lowest BCUT2D eigenvalue weighted by atomic mass is 10.1. The molecule has 1 aliphatic heterocycles. The van der Waals surface area contributed by atoms with Crippen LogP contribution >= 0.6 is 11.3 Å². The van der Waals surface area contributed by atoms with Crippen LogP contribution in [0.15, 0.2) is 30.3 Å². The summed E-state index contributed by atoms with van der Waals surface area (Å²) < 4.78 is 22.8. The molecule has 0 aliphatic carbocycles. The molecule has 0 radical (unpaired) electrons. The Hall–Kier alpha value is -1.80. The fourth-order valence-electron chi connectivity index (χ4n) is 2.18. The summed E-state index contributed by atoms with van der Waals surface area (Å²) in [6, 6.07) is 9.54. The molecule has 1 aliphatic rings. The van der Waals surface area contributed by atoms with Crippen molar-refractivity contribution in [2.75, 3.05) is 16.8 Å². The van der Waals surface area contributed by atoms with Gasteiger partial charge in [-0.25, -0.2) is 8.42 Å². The lowest BCUT2D eigenvalue weighted by molar-refractivity contribution is -0.119. The number of amides is 1. The Kier molecular flexibility index (Phi) is 3.73. The number of hydrogen-bond acceptors (Lipinski definition) is 6. The van der Waals surface area contributed by atoms with Gasteiger partial charge in [0.05, 0.1) is 17.4 Å². The van der Waals surface area contributed by atoms with Crippen molar-refractivity contribution in [3.05, 3.63) is 30.3 Å². The molecule has 0 saturated carbocycles. The fourth-order valence-corrected chi connectivity index (χ4v) is 4.67. The van der Waals surface area contributed by atoms with Crippen molar-refractivity contribution in [1.29, 1.82) is 0 Å². The summed E-state index contributed by atoms with van der Waals surface area (Å²) in [6.45, 7) is 0. The minimum Gasteiger partial charge on any atom is -0.300 e. The molecule has 0 bridgehead atoms. The van der Waals surface area contributed by atoms with E-state index in [0.29, 0.717) is 16.6 Å². The van der Waals surface area contributed by atoms with Crippen LogP contribution in [0.5, 0.6) is 0 Å². The van der Waals surface area contributed by atoms with Crippen LogP contribution in [-0.4, -0.2) is 36.0 Å². The second kappa shape index (κ2) is 5.53. The number of carbonyl (C=O) groups excluding carboxylic acids is 1. The van der Waals surface area contributed by atoms with Crippen molar-refractivity contribution >= 4 is 32.2 Å². The number of rotatable bonds is 3. The first-order valence-electron chi connectivity index (χ1n) is 6.44. The van der Waals surface area contributed by atoms with Gasteiger partial charge >= 0.3 is 0 Å². The number of benzene rings is 1. The molecule has 0 spiro atoms. The van der Waals surface area contributed by atoms with Gasteiger partial charge in [0.15, 0.2) is 9.84 Å². The molecule has 1 saturated heterocycles. The summed E-state index contributed by atoms with van der Waals surface area (Å²) in [5.41, 5.74) is 0.930. The Morgan fingerprint density at radius 1 is 1.24 bits per heavy atom. The van der Waals surface area contributed by atoms with Gasteiger partial charge in [-0.2, -0.15) is 0 Å². The lowest BCUT2D eigenvalue weighted by Crippen LogP contribution is -2.23. The third kappa shape index (κ3) is 3.27. The molecular formula is C13H13N3O3S2. The molecule has 1 aromatic heterocycles. The monoisotopic (exact) mass is 323 g/mol. The predicted octanol–water partition coefficient (Wildman–Crippen LogP) is 1.58. The molecular weight excluding hydrogens is 310 g/mol. The van der Waals surface area contributed by atoms with E-state index in [2.05, 4.69) is 15.5 Å². The summed E-state index contributed by atoms with van der Waals surface area (Å²) in [5.74, 6) is -0.787. The van der Waals surface area contributed by atoms with E-state index >= 15 is 0 Å². The van der Waals surface area contributed by atoms with Gasteiger partial charge in [0, 0.05) is 5.56 Å². The van der Waals surface area contributed by atoms with E-state index in [1.807, 2.05) is 30.3 Å². The highest BCUT2D eigenvalue weighted by Crippen LogP contribution is 2.27. The van der Waals surface area contributed by atoms with Gasteiger partial charge in [0.2, 0.25) is 11.0 Å². The highest BCUT2D eigenvalue weighted by Gasteiger charge is 2.33. The van der Waals surface area contributed by atoms with Crippen LogP contribution in [0.2, 0.25) is 0 Å². The Bertz CT molecular complexity index is 756. The average molecular weight is 323 g/mol. The smallest absolute Gasteiger partial charge is 0.230 e. The summed E-state index contributed by atoms with van der Waals surface area (Å²) in [7, 11) is -3.06. The van der Waals surface area contributed by atoms with Gasteiger partial charge in [-0.05, 0) is 6.42 Å². The van der Waals surface area contributed by atoms with Crippen molar-refractivity contribution in [3.63, 3.8) is 0 Å². The predicted molar refractivity (Wildman–Crippen MR) is 80.7 cm³/mol. The summed E-state index contributed by atoms with van der Waals surface area (Å²) in [4.78, 5) is 12.0. The Morgan fingerprint density at radius 2 is 2.00 bits per heavy atom. The normalized spacial score (nSPS) is 20.3. The lowest BCUT2D eigenvalue weighted by Gasteiger charge is -2.05. The zero-order valence-electron chi connectivity index (χ0n) is 11.0. The molecule has 2 aromatic rings. The topological polar surface area (TPSA) is 89.0 Å². The maximum atomic E-state index is 12.0. The number of aromatic nitrogens is 2. The number of hydrogen-bond donors (Lipinski definition) is 1. The Labute approximate surface area is 126 Å². The van der Waals surface area contributed by atoms with E-state index in [1.54, 1.807) is 0 Å². The molecule has 21 heavy (non-hydrogen) atoms. The van der Waals surface area contributed by atoms with Crippen molar-refractivity contribution in [2.24, 2.45) is 5.92 Å². The first kappa shape index (κ1) is 14.2. The van der Waals surface area contributed by atoms with Crippen LogP contribution in [-0.2, 0) is 14.6 Å². The largest absolute Gasteiger partial charge is 0.300 e. The van der Waals surface area contributed by atoms with Crippen molar-refractivity contribution in [1.82, 2.24) is 10.2 Å². The van der Waals surface area contributed by atoms with E-state index in [-0.39, 0.29) is 17.4 Å². The minimum atomic E-state index is -3.06. The molecule has 6 nitrogen and oxygen atoms in total. The maximum Gasteiger partial charge on any atom is 0.230 e. The van der Waals surface area contributed by atoms with E-state index in [4.69, 9.17) is 0 Å². The third-order valence-corrected chi connectivity index (χ3v) is 5.93. The average Bonchev–Trinajstić information content (AvgIpc) is 3.06. The quantitative estimate of drug-likeness (QED) is 0.926. The number of sulfone groups is 1. The molecule has 8 heteroatoms. The van der Waals surface area contributed by atoms with Crippen molar-refractivity contribution in [3.8, 4) is 10.6 Å². The second-order valence-electron chi connectivity index (χ2n) is 4.87. The minimum absolute atomic E-state index is 0.0798. The van der Waals surface area contributed by atoms with E-state index < -0.39 is 15.8 Å². The molecule has 110 valence electrons. The second-order valence-corrected chi connectivity index (χ2v) is 8.07. The van der Waals surface area contributed by atoms with Gasteiger partial charge in [-0.1, -0.05) is 41.7 Å². The van der Waals surface area contributed by atoms with E-state index in [0.717, 1.165) is 5.56 Å². The van der Waals surface area contributed by atoms with Gasteiger partial charge < -0.3 is 5.32 Å². The first-order valence-corrected chi connectivity index (χ1v) is 9.07. The highest BCUT2D eigenvalue weighted by atomic mass is 32.2. The first-order chi connectivity index (χ1) is 10.0. The number of carbonyl (C=O) groups is 1. The maximum absolute atomic E-state index is 12.0. The van der Waals surface area contributed by atoms with Crippen molar-refractivity contribution < 1.29 is 13.2 Å². The zero-order valence-corrected chi connectivity index (χ0v) is 12.7. The fraction of sp³-hybridized carbons (Fsp3) is 0.308. The Morgan fingerprint density at radius 3 is 2.67 bits per heavy atom. The zero-order chi connectivity index (χ0) is 14.9. The van der Waals surface area contributed by atoms with E-state index in [1.165, 1.54) is 11.3 Å². The molecule has 3 rings (SSSR count). The summed E-state index contributed by atoms with van der Waals surface area (Å²) in [6.07, 6.45) is 0.374. The highest BCUT2D eigenvalue weighted by molar-refractivity contribution is 7.91. The summed E-state index contributed by atoms with van der Waals surface area (Å²) >= 11 is 1.27. The number of nitrogens with zero attached hydrogens (tertiary/aromatic N) is 2. The molecule has 1 atom stereocenters. The van der Waals surface area contributed by atoms with E-state index in [9.17, 15) is 13.2 Å². The van der Waals surface area contributed by atoms with Crippen LogP contribution < -0.4 is 5.32 Å². The molecule has 1 N–H and O–H groups in total.